The Morgan fingerprint density at radius 1 is 1.00 bits per heavy atom. The molecule has 0 heterocycles. The van der Waals surface area contributed by atoms with Crippen LogP contribution in [0.2, 0.25) is 0 Å². The molecule has 4 heteroatoms. The molecule has 2 aliphatic carbocycles. The van der Waals surface area contributed by atoms with Gasteiger partial charge in [0.05, 0.1) is 0 Å². The van der Waals surface area contributed by atoms with E-state index in [1.54, 1.807) is 11.1 Å². The van der Waals surface area contributed by atoms with Crippen molar-refractivity contribution in [3.8, 4) is 0 Å². The maximum atomic E-state index is 3.73. The zero-order valence-electron chi connectivity index (χ0n) is 14.0. The first-order valence-corrected chi connectivity index (χ1v) is 7.54. The van der Waals surface area contributed by atoms with Crippen LogP contribution in [0, 0.1) is 25.8 Å². The molecule has 0 nitrogen and oxygen atoms in total. The third-order valence-corrected chi connectivity index (χ3v) is 4.92. The van der Waals surface area contributed by atoms with Crippen molar-refractivity contribution in [1.29, 1.82) is 0 Å². The van der Waals surface area contributed by atoms with E-state index in [-0.39, 0.29) is 58.9 Å². The molecule has 0 aromatic heterocycles. The Balaban J connectivity index is 0. The number of allylic oxidation sites excluding steroid dienone is 4. The van der Waals surface area contributed by atoms with Gasteiger partial charge < -0.3 is 37.2 Å². The minimum absolute atomic E-state index is 0. The van der Waals surface area contributed by atoms with Crippen LogP contribution in [0.5, 0.6) is 0 Å². The Hall–Kier alpha value is 0.284. The van der Waals surface area contributed by atoms with Gasteiger partial charge in [-0.05, 0) is 43.4 Å². The summed E-state index contributed by atoms with van der Waals surface area (Å²) in [5.41, 5.74) is 9.15. The summed E-state index contributed by atoms with van der Waals surface area (Å²) in [6.45, 7) is 6.72. The second-order valence-corrected chi connectivity index (χ2v) is 6.10. The van der Waals surface area contributed by atoms with E-state index in [0.717, 1.165) is 6.42 Å². The summed E-state index contributed by atoms with van der Waals surface area (Å²) in [6, 6.07) is 6.70. The van der Waals surface area contributed by atoms with Crippen molar-refractivity contribution in [2.45, 2.75) is 52.9 Å². The van der Waals surface area contributed by atoms with E-state index < -0.39 is 0 Å². The summed E-state index contributed by atoms with van der Waals surface area (Å²) in [7, 11) is 0. The number of rotatable bonds is 2. The van der Waals surface area contributed by atoms with Gasteiger partial charge in [0.2, 0.25) is 0 Å². The second-order valence-electron chi connectivity index (χ2n) is 6.10. The average molecular weight is 406 g/mol. The van der Waals surface area contributed by atoms with Crippen LogP contribution < -0.4 is 37.2 Å². The third-order valence-electron chi connectivity index (χ3n) is 4.92. The topological polar surface area (TPSA) is 0 Å². The summed E-state index contributed by atoms with van der Waals surface area (Å²) >= 11 is 0. The molecule has 2 aliphatic rings. The van der Waals surface area contributed by atoms with Gasteiger partial charge in [0.1, 0.15) is 0 Å². The van der Waals surface area contributed by atoms with Crippen molar-refractivity contribution in [2.75, 3.05) is 0 Å². The predicted octanol–water partition coefficient (Wildman–Crippen LogP) is -3.89. The molecule has 1 aromatic carbocycles. The molecule has 3 rings (SSSR count). The third kappa shape index (κ3) is 5.38. The zero-order valence-corrected chi connectivity index (χ0v) is 17.8. The molecular formula is C19H23Cl3Ti. The zero-order chi connectivity index (χ0) is 13.4. The van der Waals surface area contributed by atoms with Gasteiger partial charge in [0, 0.05) is 0 Å². The molecule has 1 atom stereocenters. The molecule has 0 saturated heterocycles. The largest absolute Gasteiger partial charge is 4.00 e. The van der Waals surface area contributed by atoms with Gasteiger partial charge in [0.25, 0.3) is 0 Å². The molecule has 124 valence electrons. The van der Waals surface area contributed by atoms with Gasteiger partial charge in [0.15, 0.2) is 0 Å². The van der Waals surface area contributed by atoms with Gasteiger partial charge >= 0.3 is 21.7 Å². The van der Waals surface area contributed by atoms with Crippen molar-refractivity contribution in [3.05, 3.63) is 57.7 Å². The van der Waals surface area contributed by atoms with Crippen molar-refractivity contribution >= 4 is 0 Å². The number of benzene rings is 1. The summed E-state index contributed by atoms with van der Waals surface area (Å²) < 4.78 is 0. The Bertz CT molecular complexity index is 576. The first kappa shape index (κ1) is 25.5. The molecule has 23 heavy (non-hydrogen) atoms. The fourth-order valence-electron chi connectivity index (χ4n) is 3.60. The molecule has 0 N–H and O–H groups in total. The summed E-state index contributed by atoms with van der Waals surface area (Å²) in [5, 5.41) is 0. The first-order valence-electron chi connectivity index (χ1n) is 7.54. The van der Waals surface area contributed by atoms with Crippen LogP contribution >= 0.6 is 0 Å². The van der Waals surface area contributed by atoms with E-state index in [2.05, 4.69) is 45.0 Å². The standard InChI is InChI=1S/C19H23.3ClH.Ti/c1-13-7-6-8-16(15(13)3)12-17-11-14(2)18-9-4-5-10-19(17)18;;;;/h6-8,17H,4-5,9-10,12H2,1-3H3;3*1H;/q-1;;;;+4/p-3. The fraction of sp³-hybridized carbons (Fsp3) is 0.474. The van der Waals surface area contributed by atoms with Gasteiger partial charge in [-0.2, -0.15) is 11.1 Å². The molecular weight excluding hydrogens is 382 g/mol. The van der Waals surface area contributed by atoms with Crippen LogP contribution in [0.15, 0.2) is 34.9 Å². The normalized spacial score (nSPS) is 18.6. The summed E-state index contributed by atoms with van der Waals surface area (Å²) in [5.74, 6) is 0.552. The predicted molar refractivity (Wildman–Crippen MR) is 81.0 cm³/mol. The van der Waals surface area contributed by atoms with Crippen LogP contribution in [0.1, 0.15) is 49.3 Å². The summed E-state index contributed by atoms with van der Waals surface area (Å²) in [4.78, 5) is 0. The number of hydrogen-bond donors (Lipinski definition) is 0. The van der Waals surface area contributed by atoms with Gasteiger partial charge in [-0.1, -0.05) is 50.3 Å². The minimum Gasteiger partial charge on any atom is -1.00 e. The minimum atomic E-state index is 0. The van der Waals surface area contributed by atoms with Crippen molar-refractivity contribution in [2.24, 2.45) is 5.92 Å². The Labute approximate surface area is 174 Å². The van der Waals surface area contributed by atoms with E-state index in [0.29, 0.717) is 5.92 Å². The first-order chi connectivity index (χ1) is 9.16. The van der Waals surface area contributed by atoms with Gasteiger partial charge in [-0.15, -0.1) is 0 Å². The van der Waals surface area contributed by atoms with Gasteiger partial charge in [-0.3, -0.25) is 6.08 Å². The molecule has 0 saturated carbocycles. The van der Waals surface area contributed by atoms with Crippen LogP contribution in [-0.4, -0.2) is 0 Å². The molecule has 0 spiro atoms. The van der Waals surface area contributed by atoms with E-state index in [4.69, 9.17) is 0 Å². The molecule has 1 aromatic rings. The maximum Gasteiger partial charge on any atom is 4.00 e. The number of hydrogen-bond acceptors (Lipinski definition) is 0. The van der Waals surface area contributed by atoms with Crippen LogP contribution in [0.4, 0.5) is 0 Å². The van der Waals surface area contributed by atoms with E-state index in [1.165, 1.54) is 47.9 Å². The molecule has 0 amide bonds. The van der Waals surface area contributed by atoms with Crippen molar-refractivity contribution < 1.29 is 58.9 Å². The Kier molecular flexibility index (Phi) is 12.2. The number of aryl methyl sites for hydroxylation is 1. The summed E-state index contributed by atoms with van der Waals surface area (Å²) in [6.07, 6.45) is 10.2. The average Bonchev–Trinajstić information content (AvgIpc) is 2.73. The smallest absolute Gasteiger partial charge is 1.00 e. The monoisotopic (exact) mass is 404 g/mol. The van der Waals surface area contributed by atoms with Crippen LogP contribution in [-0.2, 0) is 28.1 Å². The second kappa shape index (κ2) is 11.0. The molecule has 1 unspecified atom stereocenters. The number of halogens is 3. The molecule has 0 fully saturated rings. The molecule has 0 aliphatic heterocycles. The van der Waals surface area contributed by atoms with Crippen LogP contribution in [0.25, 0.3) is 0 Å². The van der Waals surface area contributed by atoms with E-state index in [9.17, 15) is 0 Å². The maximum absolute atomic E-state index is 3.73. The van der Waals surface area contributed by atoms with E-state index >= 15 is 0 Å². The molecule has 0 radical (unpaired) electrons. The van der Waals surface area contributed by atoms with Crippen LogP contribution in [0.3, 0.4) is 0 Å². The van der Waals surface area contributed by atoms with E-state index in [1.807, 2.05) is 0 Å². The van der Waals surface area contributed by atoms with Gasteiger partial charge in [-0.25, -0.2) is 5.57 Å². The quantitative estimate of drug-likeness (QED) is 0.349. The van der Waals surface area contributed by atoms with Crippen molar-refractivity contribution in [1.82, 2.24) is 0 Å². The Morgan fingerprint density at radius 3 is 2.35 bits per heavy atom. The van der Waals surface area contributed by atoms with Crippen molar-refractivity contribution in [3.63, 3.8) is 0 Å². The molecule has 0 bridgehead atoms. The Morgan fingerprint density at radius 2 is 1.65 bits per heavy atom. The fourth-order valence-corrected chi connectivity index (χ4v) is 3.60. The SMILES string of the molecule is CC1=[C-]C(Cc2cccc(C)c2C)C2=C1CCCC2.[Cl-].[Cl-].[Cl-].[Ti+4].